The van der Waals surface area contributed by atoms with Crippen molar-refractivity contribution in [3.8, 4) is 0 Å². The minimum atomic E-state index is -0.183. The molecule has 0 bridgehead atoms. The Hall–Kier alpha value is -0.930. The molecule has 3 unspecified atom stereocenters. The number of nitrogens with zero attached hydrogens (tertiary/aromatic N) is 2. The van der Waals surface area contributed by atoms with Gasteiger partial charge < -0.3 is 10.0 Å². The first-order valence-corrected chi connectivity index (χ1v) is 8.16. The van der Waals surface area contributed by atoms with Gasteiger partial charge in [-0.3, -0.25) is 4.98 Å². The molecule has 0 amide bonds. The van der Waals surface area contributed by atoms with Gasteiger partial charge in [-0.05, 0) is 49.8 Å². The van der Waals surface area contributed by atoms with E-state index in [9.17, 15) is 5.11 Å². The first-order valence-electron chi connectivity index (χ1n) is 8.16. The summed E-state index contributed by atoms with van der Waals surface area (Å²) in [5.41, 5.74) is 1.46. The van der Waals surface area contributed by atoms with E-state index in [2.05, 4.69) is 43.8 Å². The molecular weight excluding hydrogens is 260 g/mol. The number of rotatable bonds is 4. The summed E-state index contributed by atoms with van der Waals surface area (Å²) in [6.45, 7) is 7.91. The Kier molecular flexibility index (Phi) is 5.39. The number of aliphatic hydroxyl groups is 1. The fraction of sp³-hybridized carbons (Fsp3) is 0.722. The summed E-state index contributed by atoms with van der Waals surface area (Å²) in [7, 11) is 2.14. The van der Waals surface area contributed by atoms with Gasteiger partial charge in [-0.25, -0.2) is 0 Å². The SMILES string of the molecule is CN(CCc1ccccn1)C1CC(C(C)(C)C)CCC1O. The molecule has 21 heavy (non-hydrogen) atoms. The van der Waals surface area contributed by atoms with Crippen LogP contribution in [0.4, 0.5) is 0 Å². The van der Waals surface area contributed by atoms with Gasteiger partial charge in [-0.15, -0.1) is 0 Å². The lowest BCUT2D eigenvalue weighted by Gasteiger charge is -2.43. The summed E-state index contributed by atoms with van der Waals surface area (Å²) in [4.78, 5) is 6.71. The van der Waals surface area contributed by atoms with E-state index in [0.29, 0.717) is 11.3 Å². The quantitative estimate of drug-likeness (QED) is 0.925. The third-order valence-electron chi connectivity index (χ3n) is 5.02. The molecular formula is C18H30N2O. The first-order chi connectivity index (χ1) is 9.88. The number of aromatic nitrogens is 1. The molecule has 1 N–H and O–H groups in total. The van der Waals surface area contributed by atoms with Crippen LogP contribution in [0.2, 0.25) is 0 Å². The smallest absolute Gasteiger partial charge is 0.0695 e. The maximum atomic E-state index is 10.4. The molecule has 0 spiro atoms. The van der Waals surface area contributed by atoms with Crippen molar-refractivity contribution in [2.45, 2.75) is 58.6 Å². The van der Waals surface area contributed by atoms with E-state index in [1.165, 1.54) is 0 Å². The van der Waals surface area contributed by atoms with Crippen molar-refractivity contribution in [2.75, 3.05) is 13.6 Å². The van der Waals surface area contributed by atoms with Gasteiger partial charge >= 0.3 is 0 Å². The maximum Gasteiger partial charge on any atom is 0.0695 e. The molecule has 0 saturated heterocycles. The van der Waals surface area contributed by atoms with E-state index >= 15 is 0 Å². The Morgan fingerprint density at radius 2 is 2.05 bits per heavy atom. The van der Waals surface area contributed by atoms with E-state index in [0.717, 1.165) is 37.9 Å². The molecule has 1 aliphatic carbocycles. The molecule has 1 aromatic rings. The molecule has 1 heterocycles. The van der Waals surface area contributed by atoms with Gasteiger partial charge in [-0.1, -0.05) is 26.8 Å². The molecule has 3 heteroatoms. The maximum absolute atomic E-state index is 10.4. The summed E-state index contributed by atoms with van der Waals surface area (Å²) < 4.78 is 0. The van der Waals surface area contributed by atoms with Crippen LogP contribution in [0.25, 0.3) is 0 Å². The van der Waals surface area contributed by atoms with Crippen LogP contribution in [0.5, 0.6) is 0 Å². The fourth-order valence-electron chi connectivity index (χ4n) is 3.39. The lowest BCUT2D eigenvalue weighted by Crippen LogP contribution is -2.48. The molecule has 1 aliphatic rings. The molecule has 3 nitrogen and oxygen atoms in total. The Labute approximate surface area is 129 Å². The molecule has 0 aliphatic heterocycles. The zero-order chi connectivity index (χ0) is 15.5. The van der Waals surface area contributed by atoms with Crippen molar-refractivity contribution >= 4 is 0 Å². The fourth-order valence-corrected chi connectivity index (χ4v) is 3.39. The zero-order valence-electron chi connectivity index (χ0n) is 13.9. The van der Waals surface area contributed by atoms with Gasteiger partial charge in [0.15, 0.2) is 0 Å². The Bertz CT molecular complexity index is 427. The number of hydrogen-bond donors (Lipinski definition) is 1. The second-order valence-corrected chi connectivity index (χ2v) is 7.56. The molecule has 2 rings (SSSR count). The van der Waals surface area contributed by atoms with Crippen LogP contribution in [-0.2, 0) is 6.42 Å². The summed E-state index contributed by atoms with van der Waals surface area (Å²) >= 11 is 0. The summed E-state index contributed by atoms with van der Waals surface area (Å²) in [6.07, 6.45) is 5.79. The lowest BCUT2D eigenvalue weighted by molar-refractivity contribution is -0.00720. The Balaban J connectivity index is 1.92. The topological polar surface area (TPSA) is 36.4 Å². The molecule has 1 fully saturated rings. The van der Waals surface area contributed by atoms with E-state index in [1.54, 1.807) is 0 Å². The summed E-state index contributed by atoms with van der Waals surface area (Å²) in [6, 6.07) is 6.34. The van der Waals surface area contributed by atoms with Gasteiger partial charge in [0.25, 0.3) is 0 Å². The minimum Gasteiger partial charge on any atom is -0.391 e. The van der Waals surface area contributed by atoms with Crippen molar-refractivity contribution < 1.29 is 5.11 Å². The van der Waals surface area contributed by atoms with Crippen LogP contribution in [0.1, 0.15) is 45.7 Å². The number of pyridine rings is 1. The largest absolute Gasteiger partial charge is 0.391 e. The van der Waals surface area contributed by atoms with Crippen LogP contribution in [0, 0.1) is 11.3 Å². The summed E-state index contributed by atoms with van der Waals surface area (Å²) in [5.74, 6) is 0.697. The highest BCUT2D eigenvalue weighted by molar-refractivity contribution is 5.04. The molecule has 0 aromatic carbocycles. The van der Waals surface area contributed by atoms with Crippen LogP contribution >= 0.6 is 0 Å². The average molecular weight is 290 g/mol. The van der Waals surface area contributed by atoms with Crippen LogP contribution < -0.4 is 0 Å². The summed E-state index contributed by atoms with van der Waals surface area (Å²) in [5, 5.41) is 10.4. The molecule has 1 saturated carbocycles. The molecule has 0 radical (unpaired) electrons. The molecule has 118 valence electrons. The van der Waals surface area contributed by atoms with Gasteiger partial charge in [0.2, 0.25) is 0 Å². The van der Waals surface area contributed by atoms with Crippen molar-refractivity contribution in [3.05, 3.63) is 30.1 Å². The minimum absolute atomic E-state index is 0.183. The predicted molar refractivity (Wildman–Crippen MR) is 87.2 cm³/mol. The highest BCUT2D eigenvalue weighted by Crippen LogP contribution is 2.39. The standard InChI is InChI=1S/C18H30N2O/c1-18(2,3)14-8-9-17(21)16(13-14)20(4)12-10-15-7-5-6-11-19-15/h5-7,11,14,16-17,21H,8-10,12-13H2,1-4H3. The van der Waals surface area contributed by atoms with Gasteiger partial charge in [0.05, 0.1) is 6.10 Å². The zero-order valence-corrected chi connectivity index (χ0v) is 13.9. The molecule has 1 aromatic heterocycles. The Morgan fingerprint density at radius 3 is 2.67 bits per heavy atom. The lowest BCUT2D eigenvalue weighted by atomic mass is 9.70. The number of aliphatic hydroxyl groups excluding tert-OH is 1. The van der Waals surface area contributed by atoms with Crippen LogP contribution in [0.3, 0.4) is 0 Å². The second-order valence-electron chi connectivity index (χ2n) is 7.56. The van der Waals surface area contributed by atoms with Crippen molar-refractivity contribution in [2.24, 2.45) is 11.3 Å². The van der Waals surface area contributed by atoms with Gasteiger partial charge in [-0.2, -0.15) is 0 Å². The number of likely N-dealkylation sites (N-methyl/N-ethyl adjacent to an activating group) is 1. The van der Waals surface area contributed by atoms with E-state index < -0.39 is 0 Å². The highest BCUT2D eigenvalue weighted by Gasteiger charge is 2.36. The average Bonchev–Trinajstić information content (AvgIpc) is 2.45. The van der Waals surface area contributed by atoms with Crippen LogP contribution in [-0.4, -0.2) is 40.7 Å². The predicted octanol–water partition coefficient (Wildman–Crippen LogP) is 3.13. The molecule has 3 atom stereocenters. The second kappa shape index (κ2) is 6.89. The Morgan fingerprint density at radius 1 is 1.29 bits per heavy atom. The van der Waals surface area contributed by atoms with Crippen LogP contribution in [0.15, 0.2) is 24.4 Å². The third-order valence-corrected chi connectivity index (χ3v) is 5.02. The van der Waals surface area contributed by atoms with E-state index in [1.807, 2.05) is 18.3 Å². The van der Waals surface area contributed by atoms with E-state index in [4.69, 9.17) is 0 Å². The van der Waals surface area contributed by atoms with Crippen molar-refractivity contribution in [1.29, 1.82) is 0 Å². The monoisotopic (exact) mass is 290 g/mol. The number of hydrogen-bond acceptors (Lipinski definition) is 3. The normalized spacial score (nSPS) is 27.0. The highest BCUT2D eigenvalue weighted by atomic mass is 16.3. The van der Waals surface area contributed by atoms with Crippen molar-refractivity contribution in [3.63, 3.8) is 0 Å². The van der Waals surface area contributed by atoms with Gasteiger partial charge in [0, 0.05) is 30.9 Å². The first kappa shape index (κ1) is 16.4. The van der Waals surface area contributed by atoms with Crippen molar-refractivity contribution in [1.82, 2.24) is 9.88 Å². The van der Waals surface area contributed by atoms with E-state index in [-0.39, 0.29) is 12.1 Å². The van der Waals surface area contributed by atoms with Gasteiger partial charge in [0.1, 0.15) is 0 Å². The third kappa shape index (κ3) is 4.52.